The standard InChI is InChI=1S/C20H11BrF2N2O2S/c21-11-3-6-13(7-4-11)25-19(26)17(16-2-1-9-28-16)18(20(25)27)24-12-5-8-14(22)15(23)10-12/h1-10,24H. The number of benzene rings is 2. The first kappa shape index (κ1) is 18.5. The van der Waals surface area contributed by atoms with Gasteiger partial charge < -0.3 is 5.32 Å². The molecule has 0 atom stereocenters. The molecule has 2 amide bonds. The van der Waals surface area contributed by atoms with Gasteiger partial charge in [-0.1, -0.05) is 22.0 Å². The Balaban J connectivity index is 1.79. The van der Waals surface area contributed by atoms with Crippen LogP contribution in [-0.2, 0) is 9.59 Å². The molecule has 1 aliphatic heterocycles. The van der Waals surface area contributed by atoms with Crippen LogP contribution in [0.15, 0.2) is 70.1 Å². The molecular formula is C20H11BrF2N2O2S. The van der Waals surface area contributed by atoms with Crippen molar-refractivity contribution in [3.05, 3.63) is 86.7 Å². The Kier molecular flexibility index (Phi) is 4.82. The highest BCUT2D eigenvalue weighted by Crippen LogP contribution is 2.35. The average Bonchev–Trinajstić information content (AvgIpc) is 3.27. The lowest BCUT2D eigenvalue weighted by Crippen LogP contribution is -2.32. The van der Waals surface area contributed by atoms with Gasteiger partial charge in [0.2, 0.25) is 0 Å². The minimum Gasteiger partial charge on any atom is -0.350 e. The first-order chi connectivity index (χ1) is 13.5. The van der Waals surface area contributed by atoms with E-state index in [1.165, 1.54) is 17.4 Å². The zero-order valence-electron chi connectivity index (χ0n) is 14.1. The van der Waals surface area contributed by atoms with Crippen LogP contribution in [0.1, 0.15) is 4.88 Å². The van der Waals surface area contributed by atoms with Gasteiger partial charge in [-0.3, -0.25) is 9.59 Å². The highest BCUT2D eigenvalue weighted by atomic mass is 79.9. The third kappa shape index (κ3) is 3.25. The van der Waals surface area contributed by atoms with Gasteiger partial charge in [0.25, 0.3) is 11.8 Å². The van der Waals surface area contributed by atoms with Crippen molar-refractivity contribution in [2.75, 3.05) is 10.2 Å². The predicted octanol–water partition coefficient (Wildman–Crippen LogP) is 5.19. The second-order valence-corrected chi connectivity index (χ2v) is 7.77. The summed E-state index contributed by atoms with van der Waals surface area (Å²) in [5, 5.41) is 4.59. The predicted molar refractivity (Wildman–Crippen MR) is 108 cm³/mol. The third-order valence-electron chi connectivity index (χ3n) is 4.13. The smallest absolute Gasteiger partial charge is 0.282 e. The SMILES string of the molecule is O=C1C(Nc2ccc(F)c(F)c2)=C(c2cccs2)C(=O)N1c1ccc(Br)cc1. The molecule has 0 saturated heterocycles. The molecule has 1 N–H and O–H groups in total. The molecule has 140 valence electrons. The normalized spacial score (nSPS) is 14.2. The third-order valence-corrected chi connectivity index (χ3v) is 5.54. The molecule has 3 aromatic rings. The van der Waals surface area contributed by atoms with Gasteiger partial charge in [-0.05, 0) is 47.8 Å². The number of halogens is 3. The second-order valence-electron chi connectivity index (χ2n) is 5.90. The summed E-state index contributed by atoms with van der Waals surface area (Å²) in [5.41, 5.74) is 0.783. The van der Waals surface area contributed by atoms with Gasteiger partial charge in [0.15, 0.2) is 11.6 Å². The van der Waals surface area contributed by atoms with Crippen LogP contribution in [0.4, 0.5) is 20.2 Å². The maximum Gasteiger partial charge on any atom is 0.282 e. The number of carbonyl (C=O) groups excluding carboxylic acids is 2. The maximum absolute atomic E-state index is 13.6. The van der Waals surface area contributed by atoms with Crippen LogP contribution in [0.25, 0.3) is 5.57 Å². The summed E-state index contributed by atoms with van der Waals surface area (Å²) < 4.78 is 27.6. The van der Waals surface area contributed by atoms with Gasteiger partial charge in [0.05, 0.1) is 11.3 Å². The summed E-state index contributed by atoms with van der Waals surface area (Å²) in [6, 6.07) is 13.4. The quantitative estimate of drug-likeness (QED) is 0.545. The van der Waals surface area contributed by atoms with Crippen LogP contribution in [0.2, 0.25) is 0 Å². The van der Waals surface area contributed by atoms with Crippen LogP contribution in [0.5, 0.6) is 0 Å². The minimum absolute atomic E-state index is 0.0152. The van der Waals surface area contributed by atoms with Crippen LogP contribution in [0.3, 0.4) is 0 Å². The maximum atomic E-state index is 13.6. The van der Waals surface area contributed by atoms with E-state index in [-0.39, 0.29) is 17.0 Å². The van der Waals surface area contributed by atoms with Gasteiger partial charge in [-0.15, -0.1) is 11.3 Å². The lowest BCUT2D eigenvalue weighted by atomic mass is 10.2. The first-order valence-electron chi connectivity index (χ1n) is 8.10. The number of hydrogen-bond donors (Lipinski definition) is 1. The summed E-state index contributed by atoms with van der Waals surface area (Å²) in [6.07, 6.45) is 0. The Bertz CT molecular complexity index is 1110. The number of carbonyl (C=O) groups is 2. The molecule has 0 aliphatic carbocycles. The number of hydrogen-bond acceptors (Lipinski definition) is 4. The molecule has 1 aromatic heterocycles. The molecule has 4 rings (SSSR count). The summed E-state index contributed by atoms with van der Waals surface area (Å²) >= 11 is 4.63. The first-order valence-corrected chi connectivity index (χ1v) is 9.77. The molecule has 0 spiro atoms. The summed E-state index contributed by atoms with van der Waals surface area (Å²) in [7, 11) is 0. The van der Waals surface area contributed by atoms with Gasteiger partial charge in [0, 0.05) is 21.1 Å². The molecule has 4 nitrogen and oxygen atoms in total. The summed E-state index contributed by atoms with van der Waals surface area (Å²) in [6.45, 7) is 0. The number of thiophene rings is 1. The van der Waals surface area contributed by atoms with E-state index in [1.54, 1.807) is 41.8 Å². The van der Waals surface area contributed by atoms with Crippen LogP contribution in [-0.4, -0.2) is 11.8 Å². The van der Waals surface area contributed by atoms with Crippen LogP contribution in [0, 0.1) is 11.6 Å². The van der Waals surface area contributed by atoms with Crippen molar-refractivity contribution >= 4 is 56.0 Å². The van der Waals surface area contributed by atoms with Crippen molar-refractivity contribution < 1.29 is 18.4 Å². The van der Waals surface area contributed by atoms with Gasteiger partial charge in [-0.25, -0.2) is 13.7 Å². The Morgan fingerprint density at radius 3 is 2.32 bits per heavy atom. The molecule has 0 bridgehead atoms. The van der Waals surface area contributed by atoms with Crippen molar-refractivity contribution in [2.24, 2.45) is 0 Å². The molecular weight excluding hydrogens is 450 g/mol. The summed E-state index contributed by atoms with van der Waals surface area (Å²) in [5.74, 6) is -3.10. The number of nitrogens with one attached hydrogen (secondary N) is 1. The van der Waals surface area contributed by atoms with E-state index in [0.29, 0.717) is 10.6 Å². The fourth-order valence-corrected chi connectivity index (χ4v) is 3.87. The van der Waals surface area contributed by atoms with Crippen LogP contribution < -0.4 is 10.2 Å². The second kappa shape index (κ2) is 7.29. The van der Waals surface area contributed by atoms with Gasteiger partial charge >= 0.3 is 0 Å². The molecule has 8 heteroatoms. The van der Waals surface area contributed by atoms with Crippen molar-refractivity contribution in [1.82, 2.24) is 0 Å². The fourth-order valence-electron chi connectivity index (χ4n) is 2.84. The largest absolute Gasteiger partial charge is 0.350 e. The van der Waals surface area contributed by atoms with E-state index < -0.39 is 23.4 Å². The highest BCUT2D eigenvalue weighted by Gasteiger charge is 2.40. The Labute approximate surface area is 171 Å². The van der Waals surface area contributed by atoms with E-state index >= 15 is 0 Å². The molecule has 0 saturated carbocycles. The molecule has 2 aromatic carbocycles. The van der Waals surface area contributed by atoms with Gasteiger partial charge in [0.1, 0.15) is 5.70 Å². The van der Waals surface area contributed by atoms with Crippen molar-refractivity contribution in [3.63, 3.8) is 0 Å². The van der Waals surface area contributed by atoms with E-state index in [0.717, 1.165) is 21.5 Å². The van der Waals surface area contributed by atoms with Crippen molar-refractivity contribution in [1.29, 1.82) is 0 Å². The Morgan fingerprint density at radius 1 is 0.929 bits per heavy atom. The molecule has 0 fully saturated rings. The number of imide groups is 1. The van der Waals surface area contributed by atoms with E-state index in [1.807, 2.05) is 0 Å². The summed E-state index contributed by atoms with van der Waals surface area (Å²) in [4.78, 5) is 27.8. The van der Waals surface area contributed by atoms with E-state index in [2.05, 4.69) is 21.2 Å². The fraction of sp³-hybridized carbons (Fsp3) is 0. The Morgan fingerprint density at radius 2 is 1.68 bits per heavy atom. The van der Waals surface area contributed by atoms with Crippen LogP contribution >= 0.6 is 27.3 Å². The highest BCUT2D eigenvalue weighted by molar-refractivity contribution is 9.10. The van der Waals surface area contributed by atoms with E-state index in [9.17, 15) is 18.4 Å². The van der Waals surface area contributed by atoms with Gasteiger partial charge in [-0.2, -0.15) is 0 Å². The zero-order chi connectivity index (χ0) is 19.8. The van der Waals surface area contributed by atoms with Crippen molar-refractivity contribution in [3.8, 4) is 0 Å². The number of rotatable bonds is 4. The topological polar surface area (TPSA) is 49.4 Å². The zero-order valence-corrected chi connectivity index (χ0v) is 16.5. The number of nitrogens with zero attached hydrogens (tertiary/aromatic N) is 1. The monoisotopic (exact) mass is 460 g/mol. The molecule has 28 heavy (non-hydrogen) atoms. The molecule has 2 heterocycles. The minimum atomic E-state index is -1.05. The molecule has 1 aliphatic rings. The lowest BCUT2D eigenvalue weighted by Gasteiger charge is -2.15. The number of amides is 2. The Hall–Kier alpha value is -2.84. The van der Waals surface area contributed by atoms with E-state index in [4.69, 9.17) is 0 Å². The molecule has 0 radical (unpaired) electrons. The molecule has 0 unspecified atom stereocenters. The lowest BCUT2D eigenvalue weighted by molar-refractivity contribution is -0.120. The van der Waals surface area contributed by atoms with Crippen molar-refractivity contribution in [2.45, 2.75) is 0 Å². The number of anilines is 2. The average molecular weight is 461 g/mol.